The van der Waals surface area contributed by atoms with Crippen molar-refractivity contribution in [2.24, 2.45) is 0 Å². The minimum absolute atomic E-state index is 0.00225. The summed E-state index contributed by atoms with van der Waals surface area (Å²) in [6, 6.07) is 11.1. The van der Waals surface area contributed by atoms with Crippen molar-refractivity contribution in [2.45, 2.75) is 13.3 Å². The van der Waals surface area contributed by atoms with Gasteiger partial charge in [0.1, 0.15) is 12.0 Å². The van der Waals surface area contributed by atoms with Crippen molar-refractivity contribution >= 4 is 40.0 Å². The fourth-order valence-electron chi connectivity index (χ4n) is 4.53. The van der Waals surface area contributed by atoms with Crippen LogP contribution in [0.5, 0.6) is 0 Å². The van der Waals surface area contributed by atoms with Gasteiger partial charge in [0.15, 0.2) is 0 Å². The molecular formula is C29H32N6O4. The number of hydrogen-bond donors (Lipinski definition) is 1. The molecule has 2 heterocycles. The van der Waals surface area contributed by atoms with Gasteiger partial charge < -0.3 is 20.0 Å². The summed E-state index contributed by atoms with van der Waals surface area (Å²) in [4.78, 5) is 60.3. The SMILES string of the molecule is C=C(NC(=O)C(=C)n1cnc2c(-c3ccc4c(c3)CCN4C(C)=O)cccc2c1=O)C(=O)N(C)CCN(C)C. The van der Waals surface area contributed by atoms with E-state index >= 15 is 0 Å². The van der Waals surface area contributed by atoms with Gasteiger partial charge in [-0.2, -0.15) is 0 Å². The molecule has 202 valence electrons. The molecule has 0 saturated heterocycles. The number of para-hydroxylation sites is 1. The molecule has 10 heteroatoms. The predicted octanol–water partition coefficient (Wildman–Crippen LogP) is 2.09. The molecule has 1 N–H and O–H groups in total. The maximum Gasteiger partial charge on any atom is 0.272 e. The topological polar surface area (TPSA) is 108 Å². The van der Waals surface area contributed by atoms with Crippen molar-refractivity contribution in [3.8, 4) is 11.1 Å². The maximum absolute atomic E-state index is 13.4. The van der Waals surface area contributed by atoms with Crippen LogP contribution in [0.1, 0.15) is 12.5 Å². The summed E-state index contributed by atoms with van der Waals surface area (Å²) in [6.45, 7) is 10.7. The highest BCUT2D eigenvalue weighted by atomic mass is 16.2. The van der Waals surface area contributed by atoms with Crippen molar-refractivity contribution in [1.29, 1.82) is 0 Å². The molecule has 0 unspecified atom stereocenters. The summed E-state index contributed by atoms with van der Waals surface area (Å²) in [5.41, 5.74) is 3.29. The zero-order chi connectivity index (χ0) is 28.4. The molecule has 0 fully saturated rings. The van der Waals surface area contributed by atoms with Crippen LogP contribution >= 0.6 is 0 Å². The van der Waals surface area contributed by atoms with Gasteiger partial charge in [-0.05, 0) is 49.8 Å². The highest BCUT2D eigenvalue weighted by Gasteiger charge is 2.23. The van der Waals surface area contributed by atoms with E-state index in [1.807, 2.05) is 43.3 Å². The number of carbonyl (C=O) groups excluding carboxylic acids is 3. The van der Waals surface area contributed by atoms with Crippen LogP contribution in [0.2, 0.25) is 0 Å². The molecule has 2 aromatic carbocycles. The number of anilines is 1. The molecule has 4 rings (SSSR count). The van der Waals surface area contributed by atoms with E-state index in [1.165, 1.54) is 11.2 Å². The second-order valence-corrected chi connectivity index (χ2v) is 9.79. The van der Waals surface area contributed by atoms with Gasteiger partial charge in [0.2, 0.25) is 5.91 Å². The van der Waals surface area contributed by atoms with Gasteiger partial charge in [-0.1, -0.05) is 31.4 Å². The molecule has 0 radical (unpaired) electrons. The minimum Gasteiger partial charge on any atom is -0.339 e. The van der Waals surface area contributed by atoms with E-state index in [9.17, 15) is 19.2 Å². The number of carbonyl (C=O) groups is 3. The largest absolute Gasteiger partial charge is 0.339 e. The van der Waals surface area contributed by atoms with E-state index in [-0.39, 0.29) is 17.3 Å². The number of hydrogen-bond acceptors (Lipinski definition) is 6. The fraction of sp³-hybridized carbons (Fsp3) is 0.276. The molecule has 0 spiro atoms. The molecule has 3 aromatic rings. The molecule has 1 aliphatic rings. The van der Waals surface area contributed by atoms with E-state index in [4.69, 9.17) is 0 Å². The van der Waals surface area contributed by atoms with Gasteiger partial charge in [0, 0.05) is 44.9 Å². The summed E-state index contributed by atoms with van der Waals surface area (Å²) >= 11 is 0. The average molecular weight is 529 g/mol. The molecule has 39 heavy (non-hydrogen) atoms. The summed E-state index contributed by atoms with van der Waals surface area (Å²) in [5.74, 6) is -1.17. The molecule has 10 nitrogen and oxygen atoms in total. The first-order valence-electron chi connectivity index (χ1n) is 12.5. The van der Waals surface area contributed by atoms with Crippen LogP contribution < -0.4 is 15.8 Å². The number of rotatable bonds is 8. The Morgan fingerprint density at radius 2 is 1.82 bits per heavy atom. The van der Waals surface area contributed by atoms with Crippen LogP contribution in [-0.2, 0) is 20.8 Å². The van der Waals surface area contributed by atoms with Gasteiger partial charge in [-0.25, -0.2) is 4.98 Å². The first-order valence-corrected chi connectivity index (χ1v) is 12.5. The zero-order valence-corrected chi connectivity index (χ0v) is 22.7. The smallest absolute Gasteiger partial charge is 0.272 e. The van der Waals surface area contributed by atoms with Crippen LogP contribution in [0.4, 0.5) is 5.69 Å². The van der Waals surface area contributed by atoms with E-state index in [2.05, 4.69) is 23.5 Å². The summed E-state index contributed by atoms with van der Waals surface area (Å²) in [5, 5.41) is 2.75. The van der Waals surface area contributed by atoms with Crippen molar-refractivity contribution < 1.29 is 14.4 Å². The minimum atomic E-state index is -0.734. The van der Waals surface area contributed by atoms with Crippen molar-refractivity contribution in [3.05, 3.63) is 77.5 Å². The molecule has 0 bridgehead atoms. The predicted molar refractivity (Wildman–Crippen MR) is 152 cm³/mol. The van der Waals surface area contributed by atoms with Crippen LogP contribution in [0.3, 0.4) is 0 Å². The number of amides is 3. The lowest BCUT2D eigenvalue weighted by Crippen LogP contribution is -2.39. The molecule has 0 saturated carbocycles. The summed E-state index contributed by atoms with van der Waals surface area (Å²) in [7, 11) is 5.41. The van der Waals surface area contributed by atoms with E-state index in [0.29, 0.717) is 30.5 Å². The van der Waals surface area contributed by atoms with E-state index < -0.39 is 17.4 Å². The second-order valence-electron chi connectivity index (χ2n) is 9.79. The normalized spacial score (nSPS) is 12.4. The first-order chi connectivity index (χ1) is 18.5. The third-order valence-corrected chi connectivity index (χ3v) is 6.76. The number of likely N-dealkylation sites (N-methyl/N-ethyl adjacent to an activating group) is 2. The van der Waals surface area contributed by atoms with Crippen LogP contribution in [0.25, 0.3) is 27.7 Å². The Hall–Kier alpha value is -4.57. The Morgan fingerprint density at radius 3 is 2.51 bits per heavy atom. The van der Waals surface area contributed by atoms with Crippen molar-refractivity contribution in [2.75, 3.05) is 45.7 Å². The van der Waals surface area contributed by atoms with Crippen molar-refractivity contribution in [1.82, 2.24) is 24.7 Å². The molecular weight excluding hydrogens is 496 g/mol. The standard InChI is InChI=1S/C29H32N6O4/c1-18(28(38)33(6)15-14-32(4)5)31-27(37)19(2)35-17-30-26-23(8-7-9-24(26)29(35)39)21-10-11-25-22(16-21)12-13-34(25)20(3)36/h7-11,16-17H,1-2,12-15H2,3-6H3,(H,31,37). The monoisotopic (exact) mass is 528 g/mol. The number of nitrogens with one attached hydrogen (secondary N) is 1. The molecule has 0 aliphatic carbocycles. The lowest BCUT2D eigenvalue weighted by atomic mass is 9.99. The Balaban J connectivity index is 1.57. The fourth-order valence-corrected chi connectivity index (χ4v) is 4.53. The lowest BCUT2D eigenvalue weighted by Gasteiger charge is -2.21. The van der Waals surface area contributed by atoms with Crippen LogP contribution in [-0.4, -0.2) is 77.8 Å². The Bertz CT molecular complexity index is 1570. The Kier molecular flexibility index (Phi) is 7.78. The summed E-state index contributed by atoms with van der Waals surface area (Å²) < 4.78 is 1.06. The van der Waals surface area contributed by atoms with Gasteiger partial charge >= 0.3 is 0 Å². The number of aromatic nitrogens is 2. The summed E-state index contributed by atoms with van der Waals surface area (Å²) in [6.07, 6.45) is 2.01. The Morgan fingerprint density at radius 1 is 1.08 bits per heavy atom. The first kappa shape index (κ1) is 27.5. The number of benzene rings is 2. The number of nitrogens with zero attached hydrogens (tertiary/aromatic N) is 5. The molecule has 3 amide bonds. The second kappa shape index (κ2) is 11.0. The Labute approximate surface area is 226 Å². The molecule has 1 aromatic heterocycles. The van der Waals surface area contributed by atoms with E-state index in [1.54, 1.807) is 31.0 Å². The van der Waals surface area contributed by atoms with Gasteiger partial charge in [0.05, 0.1) is 16.6 Å². The highest BCUT2D eigenvalue weighted by molar-refractivity contribution is 6.15. The average Bonchev–Trinajstić information content (AvgIpc) is 3.34. The molecule has 0 atom stereocenters. The number of fused-ring (bicyclic) bond motifs is 2. The van der Waals surface area contributed by atoms with Crippen LogP contribution in [0, 0.1) is 0 Å². The quantitative estimate of drug-likeness (QED) is 0.449. The third-order valence-electron chi connectivity index (χ3n) is 6.76. The van der Waals surface area contributed by atoms with Gasteiger partial charge in [0.25, 0.3) is 17.4 Å². The van der Waals surface area contributed by atoms with Crippen molar-refractivity contribution in [3.63, 3.8) is 0 Å². The van der Waals surface area contributed by atoms with E-state index in [0.717, 1.165) is 33.4 Å². The van der Waals surface area contributed by atoms with Crippen LogP contribution in [0.15, 0.2) is 66.4 Å². The maximum atomic E-state index is 13.4. The highest BCUT2D eigenvalue weighted by Crippen LogP contribution is 2.34. The van der Waals surface area contributed by atoms with Gasteiger partial charge in [-0.3, -0.25) is 23.7 Å². The zero-order valence-electron chi connectivity index (χ0n) is 22.7. The lowest BCUT2D eigenvalue weighted by molar-refractivity contribution is -0.127. The van der Waals surface area contributed by atoms with Gasteiger partial charge in [-0.15, -0.1) is 0 Å². The molecule has 1 aliphatic heterocycles. The third kappa shape index (κ3) is 5.51.